The van der Waals surface area contributed by atoms with Crippen molar-refractivity contribution in [1.82, 2.24) is 9.97 Å². The number of hydrogen-bond donors (Lipinski definition) is 0. The summed E-state index contributed by atoms with van der Waals surface area (Å²) < 4.78 is 12.7. The summed E-state index contributed by atoms with van der Waals surface area (Å²) in [7, 11) is 6.79. The van der Waals surface area contributed by atoms with Crippen molar-refractivity contribution in [2.24, 2.45) is 0 Å². The summed E-state index contributed by atoms with van der Waals surface area (Å²) >= 11 is -3.24. The van der Waals surface area contributed by atoms with E-state index in [9.17, 15) is 0 Å². The van der Waals surface area contributed by atoms with Gasteiger partial charge in [-0.1, -0.05) is 0 Å². The Morgan fingerprint density at radius 1 is 0.733 bits per heavy atom. The monoisotopic (exact) mass is 497 g/mol. The molecule has 0 saturated heterocycles. The molecule has 2 aromatic heterocycles. The van der Waals surface area contributed by atoms with Crippen LogP contribution >= 0.6 is 8.51 Å². The van der Waals surface area contributed by atoms with Crippen LogP contribution in [0.2, 0.25) is 0 Å². The molecule has 2 aromatic carbocycles. The predicted octanol–water partition coefficient (Wildman–Crippen LogP) is 6.75. The molecule has 4 nitrogen and oxygen atoms in total. The zero-order valence-electron chi connectivity index (χ0n) is 17.2. The van der Waals surface area contributed by atoms with Crippen molar-refractivity contribution in [1.29, 1.82) is 0 Å². The van der Waals surface area contributed by atoms with Gasteiger partial charge in [-0.2, -0.15) is 0 Å². The minimum absolute atomic E-state index is 0.768. The van der Waals surface area contributed by atoms with E-state index in [0.29, 0.717) is 0 Å². The molecule has 0 aliphatic rings. The second-order valence-electron chi connectivity index (χ2n) is 7.20. The van der Waals surface area contributed by atoms with E-state index < -0.39 is 21.4 Å². The van der Waals surface area contributed by atoms with Crippen molar-refractivity contribution in [3.05, 3.63) is 72.1 Å². The molecule has 0 fully saturated rings. The quantitative estimate of drug-likeness (QED) is 0.269. The van der Waals surface area contributed by atoms with Gasteiger partial charge in [-0.05, 0) is 0 Å². The number of rotatable bonds is 8. The first-order valence-corrected chi connectivity index (χ1v) is 15.5. The predicted molar refractivity (Wildman–Crippen MR) is 119 cm³/mol. The summed E-state index contributed by atoms with van der Waals surface area (Å²) in [6, 6.07) is 16.3. The zero-order chi connectivity index (χ0) is 20.9. The van der Waals surface area contributed by atoms with Crippen molar-refractivity contribution in [2.45, 2.75) is 39.5 Å². The van der Waals surface area contributed by atoms with E-state index in [2.05, 4.69) is 48.1 Å². The molecule has 0 saturated carbocycles. The van der Waals surface area contributed by atoms with Crippen LogP contribution in [0.1, 0.15) is 37.8 Å². The van der Waals surface area contributed by atoms with Crippen LogP contribution in [0.4, 0.5) is 0 Å². The number of benzene rings is 2. The SMILES string of the molecule is CCCc1ccc2cccnc2c1[O][Zr]([Cl])[O]c1c(CCC)ccc2cccnc12. The van der Waals surface area contributed by atoms with Crippen LogP contribution in [0.25, 0.3) is 21.8 Å². The Morgan fingerprint density at radius 2 is 1.20 bits per heavy atom. The molecule has 0 radical (unpaired) electrons. The normalized spacial score (nSPS) is 11.0. The summed E-state index contributed by atoms with van der Waals surface area (Å²) in [5.74, 6) is 1.54. The number of fused-ring (bicyclic) bond motifs is 2. The fraction of sp³-hybridized carbons (Fsp3) is 0.250. The maximum atomic E-state index is 6.79. The third kappa shape index (κ3) is 4.53. The van der Waals surface area contributed by atoms with E-state index in [1.165, 1.54) is 0 Å². The second kappa shape index (κ2) is 9.89. The molecule has 6 heteroatoms. The molecule has 4 aromatic rings. The molecule has 0 bridgehead atoms. The third-order valence-electron chi connectivity index (χ3n) is 5.02. The summed E-state index contributed by atoms with van der Waals surface area (Å²) in [6.45, 7) is 4.31. The molecule has 0 unspecified atom stereocenters. The van der Waals surface area contributed by atoms with Crippen LogP contribution in [-0.2, 0) is 34.3 Å². The minimum atomic E-state index is -3.24. The maximum absolute atomic E-state index is 6.79. The molecule has 0 aliphatic heterocycles. The first-order chi connectivity index (χ1) is 14.7. The van der Waals surface area contributed by atoms with Crippen molar-refractivity contribution in [2.75, 3.05) is 0 Å². The van der Waals surface area contributed by atoms with E-state index in [4.69, 9.17) is 14.1 Å². The van der Waals surface area contributed by atoms with Crippen LogP contribution < -0.4 is 5.63 Å². The average molecular weight is 499 g/mol. The number of pyridine rings is 2. The Morgan fingerprint density at radius 3 is 1.63 bits per heavy atom. The Kier molecular flexibility index (Phi) is 7.02. The van der Waals surface area contributed by atoms with Gasteiger partial charge in [-0.15, -0.1) is 0 Å². The van der Waals surface area contributed by atoms with Gasteiger partial charge in [0, 0.05) is 0 Å². The number of aryl methyl sites for hydroxylation is 2. The van der Waals surface area contributed by atoms with E-state index in [1.54, 1.807) is 12.4 Å². The van der Waals surface area contributed by atoms with Crippen molar-refractivity contribution >= 4 is 30.3 Å². The molecular formula is C24H24ClN2O2Zr. The molecule has 0 aliphatic carbocycles. The standard InChI is InChI=1S/2C12H13NO.ClH.Zr/c2*1-2-4-10-7-6-9-5-3-8-13-11(9)12(10)14;;/h2*3,5-8,14H,2,4H2,1H3;1H;/q;;;+3/p-3. The Bertz CT molecular complexity index is 1080. The van der Waals surface area contributed by atoms with Gasteiger partial charge in [0.25, 0.3) is 0 Å². The molecule has 4 rings (SSSR count). The molecule has 153 valence electrons. The molecule has 2 heterocycles. The zero-order valence-corrected chi connectivity index (χ0v) is 20.4. The first-order valence-electron chi connectivity index (χ1n) is 10.3. The first kappa shape index (κ1) is 21.3. The average Bonchev–Trinajstić information content (AvgIpc) is 2.77. The Balaban J connectivity index is 1.70. The molecule has 0 amide bonds. The van der Waals surface area contributed by atoms with E-state index in [1.807, 2.05) is 24.3 Å². The van der Waals surface area contributed by atoms with Gasteiger partial charge in [0.15, 0.2) is 0 Å². The fourth-order valence-electron chi connectivity index (χ4n) is 3.66. The van der Waals surface area contributed by atoms with Crippen LogP contribution in [0, 0.1) is 0 Å². The van der Waals surface area contributed by atoms with Gasteiger partial charge in [0.1, 0.15) is 0 Å². The molecule has 0 spiro atoms. The van der Waals surface area contributed by atoms with E-state index >= 15 is 0 Å². The Hall–Kier alpha value is -1.97. The van der Waals surface area contributed by atoms with Gasteiger partial charge in [-0.3, -0.25) is 0 Å². The summed E-state index contributed by atoms with van der Waals surface area (Å²) in [6.07, 6.45) is 7.43. The van der Waals surface area contributed by atoms with Crippen LogP contribution in [0.3, 0.4) is 0 Å². The fourth-order valence-corrected chi connectivity index (χ4v) is 6.59. The van der Waals surface area contributed by atoms with Gasteiger partial charge in [0.2, 0.25) is 0 Å². The second-order valence-corrected chi connectivity index (χ2v) is 11.2. The number of halogens is 1. The third-order valence-corrected chi connectivity index (χ3v) is 7.73. The molecule has 0 atom stereocenters. The number of hydrogen-bond acceptors (Lipinski definition) is 4. The topological polar surface area (TPSA) is 44.2 Å². The summed E-state index contributed by atoms with van der Waals surface area (Å²) in [5, 5.41) is 2.08. The van der Waals surface area contributed by atoms with Gasteiger partial charge in [0.05, 0.1) is 0 Å². The van der Waals surface area contributed by atoms with E-state index in [-0.39, 0.29) is 0 Å². The van der Waals surface area contributed by atoms with E-state index in [0.717, 1.165) is 70.1 Å². The van der Waals surface area contributed by atoms with Crippen molar-refractivity contribution in [3.63, 3.8) is 0 Å². The van der Waals surface area contributed by atoms with Gasteiger partial charge >= 0.3 is 190 Å². The van der Waals surface area contributed by atoms with Gasteiger partial charge in [-0.25, -0.2) is 0 Å². The molecular weight excluding hydrogens is 475 g/mol. The number of nitrogens with zero attached hydrogens (tertiary/aromatic N) is 2. The van der Waals surface area contributed by atoms with Crippen molar-refractivity contribution in [3.8, 4) is 11.5 Å². The molecule has 0 N–H and O–H groups in total. The number of aromatic nitrogens is 2. The molecule has 30 heavy (non-hydrogen) atoms. The van der Waals surface area contributed by atoms with Crippen LogP contribution in [-0.4, -0.2) is 9.97 Å². The summed E-state index contributed by atoms with van der Waals surface area (Å²) in [4.78, 5) is 9.12. The van der Waals surface area contributed by atoms with Gasteiger partial charge < -0.3 is 0 Å². The van der Waals surface area contributed by atoms with Crippen molar-refractivity contribution < 1.29 is 27.1 Å². The van der Waals surface area contributed by atoms with Crippen LogP contribution in [0.15, 0.2) is 60.9 Å². The Labute approximate surface area is 189 Å². The summed E-state index contributed by atoms with van der Waals surface area (Å²) in [5.41, 5.74) is 3.93. The van der Waals surface area contributed by atoms with Crippen LogP contribution in [0.5, 0.6) is 11.5 Å².